The van der Waals surface area contributed by atoms with Crippen molar-refractivity contribution in [2.75, 3.05) is 36.5 Å². The molecule has 2 heterocycles. The van der Waals surface area contributed by atoms with E-state index in [0.717, 1.165) is 17.8 Å². The summed E-state index contributed by atoms with van der Waals surface area (Å²) in [4.78, 5) is 23.9. The third kappa shape index (κ3) is 5.25. The molecule has 1 saturated carbocycles. The molecule has 1 aromatic carbocycles. The number of ether oxygens (including phenoxy) is 1. The lowest BCUT2D eigenvalue weighted by Gasteiger charge is -2.44. The molecule has 2 aromatic rings. The monoisotopic (exact) mass is 503 g/mol. The van der Waals surface area contributed by atoms with Crippen molar-refractivity contribution in [1.29, 1.82) is 0 Å². The van der Waals surface area contributed by atoms with Crippen LogP contribution in [0.25, 0.3) is 11.4 Å². The fourth-order valence-corrected chi connectivity index (χ4v) is 6.42. The molecule has 1 aliphatic carbocycles. The first-order chi connectivity index (χ1) is 16.7. The van der Waals surface area contributed by atoms with Gasteiger partial charge in [-0.15, -0.1) is 0 Å². The summed E-state index contributed by atoms with van der Waals surface area (Å²) in [5, 5.41) is 5.35. The van der Waals surface area contributed by atoms with E-state index in [9.17, 15) is 13.9 Å². The number of nitrogens with zero attached hydrogens (tertiary/aromatic N) is 3. The summed E-state index contributed by atoms with van der Waals surface area (Å²) in [7, 11) is -2.89. The van der Waals surface area contributed by atoms with Crippen molar-refractivity contribution in [2.24, 2.45) is 0 Å². The Morgan fingerprint density at radius 3 is 2.57 bits per heavy atom. The van der Waals surface area contributed by atoms with Crippen molar-refractivity contribution in [2.45, 2.75) is 63.0 Å². The molecule has 2 fully saturated rings. The second-order valence-electron chi connectivity index (χ2n) is 9.65. The number of hydrogen-bond acceptors (Lipinski definition) is 7. The molecule has 0 bridgehead atoms. The van der Waals surface area contributed by atoms with Gasteiger partial charge in [-0.25, -0.2) is 14.8 Å². The van der Waals surface area contributed by atoms with Crippen molar-refractivity contribution in [3.05, 3.63) is 36.0 Å². The predicted octanol–water partition coefficient (Wildman–Crippen LogP) is 5.05. The second kappa shape index (κ2) is 10.3. The number of amides is 2. The van der Waals surface area contributed by atoms with Crippen molar-refractivity contribution in [3.63, 3.8) is 0 Å². The Bertz CT molecular complexity index is 1040. The molecule has 4 rings (SSSR count). The number of carbonyl (C=O) groups is 1. The Kier molecular flexibility index (Phi) is 7.56. The molecule has 1 aliphatic heterocycles. The molecule has 2 amide bonds. The van der Waals surface area contributed by atoms with Crippen molar-refractivity contribution in [3.8, 4) is 11.4 Å². The van der Waals surface area contributed by atoms with Gasteiger partial charge in [0.2, 0.25) is 0 Å². The first-order valence-electron chi connectivity index (χ1n) is 12.3. The average Bonchev–Trinajstić information content (AvgIpc) is 3.66. The summed E-state index contributed by atoms with van der Waals surface area (Å²) in [6.45, 7) is 10.4. The number of urea groups is 1. The van der Waals surface area contributed by atoms with Crippen LogP contribution in [0, 0.1) is 0 Å². The van der Waals surface area contributed by atoms with Crippen LogP contribution in [0.5, 0.6) is 0 Å². The first-order valence-corrected chi connectivity index (χ1v) is 13.9. The van der Waals surface area contributed by atoms with E-state index in [4.69, 9.17) is 14.7 Å². The number of hydrogen-bond donors (Lipinski definition) is 4. The molecular weight excluding hydrogens is 466 g/mol. The second-order valence-corrected chi connectivity index (χ2v) is 12.6. The molecule has 35 heavy (non-hydrogen) atoms. The van der Waals surface area contributed by atoms with Gasteiger partial charge in [0.1, 0.15) is 10.6 Å². The predicted molar refractivity (Wildman–Crippen MR) is 141 cm³/mol. The highest BCUT2D eigenvalue weighted by atomic mass is 32.3. The summed E-state index contributed by atoms with van der Waals surface area (Å²) in [5.41, 5.74) is 2.16. The average molecular weight is 504 g/mol. The molecule has 192 valence electrons. The lowest BCUT2D eigenvalue weighted by atomic mass is 10.1. The smallest absolute Gasteiger partial charge is 0.319 e. The normalized spacial score (nSPS) is 20.0. The van der Waals surface area contributed by atoms with Crippen LogP contribution in [-0.4, -0.2) is 62.7 Å². The van der Waals surface area contributed by atoms with Crippen LogP contribution in [0.15, 0.2) is 30.3 Å². The highest BCUT2D eigenvalue weighted by Gasteiger charge is 2.57. The maximum atomic E-state index is 12.0. The number of morpholine rings is 1. The summed E-state index contributed by atoms with van der Waals surface area (Å²) in [6.07, 6.45) is 2.25. The lowest BCUT2D eigenvalue weighted by molar-refractivity contribution is 0.0985. The van der Waals surface area contributed by atoms with Gasteiger partial charge in [0.05, 0.1) is 24.9 Å². The summed E-state index contributed by atoms with van der Waals surface area (Å²) in [6, 6.07) is 9.24. The Morgan fingerprint density at radius 1 is 1.26 bits per heavy atom. The van der Waals surface area contributed by atoms with Gasteiger partial charge in [0.25, 0.3) is 0 Å². The quantitative estimate of drug-likeness (QED) is 0.398. The van der Waals surface area contributed by atoms with Gasteiger partial charge in [-0.1, -0.05) is 6.92 Å². The third-order valence-electron chi connectivity index (χ3n) is 6.71. The van der Waals surface area contributed by atoms with Gasteiger partial charge < -0.3 is 20.3 Å². The molecule has 2 aliphatic rings. The van der Waals surface area contributed by atoms with Gasteiger partial charge in [0, 0.05) is 35.7 Å². The van der Waals surface area contributed by atoms with E-state index in [-0.39, 0.29) is 17.3 Å². The van der Waals surface area contributed by atoms with E-state index >= 15 is 0 Å². The first kappa shape index (κ1) is 25.7. The van der Waals surface area contributed by atoms with Crippen LogP contribution in [0.3, 0.4) is 0 Å². The molecule has 1 saturated heterocycles. The minimum Gasteiger partial charge on any atom is -0.377 e. The van der Waals surface area contributed by atoms with Crippen molar-refractivity contribution in [1.82, 2.24) is 15.3 Å². The van der Waals surface area contributed by atoms with Gasteiger partial charge in [-0.2, -0.15) is 10.6 Å². The summed E-state index contributed by atoms with van der Waals surface area (Å²) >= 11 is 0. The topological polar surface area (TPSA) is 120 Å². The van der Waals surface area contributed by atoms with Crippen LogP contribution in [0.2, 0.25) is 0 Å². The molecule has 0 spiro atoms. The van der Waals surface area contributed by atoms with Gasteiger partial charge in [-0.05, 0) is 64.3 Å². The zero-order valence-electron chi connectivity index (χ0n) is 21.0. The van der Waals surface area contributed by atoms with Gasteiger partial charge in [0.15, 0.2) is 5.82 Å². The lowest BCUT2D eigenvalue weighted by Crippen LogP contribution is -2.44. The minimum absolute atomic E-state index is 0.146. The Morgan fingerprint density at radius 2 is 1.97 bits per heavy atom. The zero-order chi connectivity index (χ0) is 25.2. The van der Waals surface area contributed by atoms with Gasteiger partial charge in [-0.3, -0.25) is 9.11 Å². The molecule has 1 atom stereocenters. The van der Waals surface area contributed by atoms with E-state index in [0.29, 0.717) is 56.4 Å². The van der Waals surface area contributed by atoms with Crippen LogP contribution in [0.1, 0.15) is 52.7 Å². The molecule has 1 aromatic heterocycles. The Balaban J connectivity index is 1.70. The molecule has 0 radical (unpaired) electrons. The Labute approximate surface area is 209 Å². The highest BCUT2D eigenvalue weighted by molar-refractivity contribution is 8.25. The van der Waals surface area contributed by atoms with Crippen molar-refractivity contribution < 1.29 is 18.6 Å². The van der Waals surface area contributed by atoms with Gasteiger partial charge >= 0.3 is 6.03 Å². The minimum atomic E-state index is -2.89. The summed E-state index contributed by atoms with van der Waals surface area (Å²) < 4.78 is 27.1. The number of nitrogens with one attached hydrogen (secondary N) is 2. The number of rotatable bonds is 8. The van der Waals surface area contributed by atoms with E-state index in [2.05, 4.69) is 22.5 Å². The number of benzene rings is 1. The molecule has 0 unspecified atom stereocenters. The van der Waals surface area contributed by atoms with E-state index in [1.807, 2.05) is 51.1 Å². The maximum absolute atomic E-state index is 12.0. The van der Waals surface area contributed by atoms with Crippen LogP contribution in [0.4, 0.5) is 16.3 Å². The molecular formula is C25H37N5O4S. The van der Waals surface area contributed by atoms with E-state index < -0.39 is 15.3 Å². The number of carbonyl (C=O) groups excluding carboxylic acids is 1. The third-order valence-corrected chi connectivity index (χ3v) is 9.80. The largest absolute Gasteiger partial charge is 0.377 e. The maximum Gasteiger partial charge on any atom is 0.319 e. The molecule has 9 nitrogen and oxygen atoms in total. The highest BCUT2D eigenvalue weighted by Crippen LogP contribution is 2.73. The van der Waals surface area contributed by atoms with Crippen molar-refractivity contribution >= 4 is 28.1 Å². The molecule has 10 heteroatoms. The van der Waals surface area contributed by atoms with Crippen LogP contribution < -0.4 is 15.5 Å². The molecule has 4 N–H and O–H groups in total. The standard InChI is InChI=1S/C25H37N5O4S/c1-5-12-26-24(31)27-20-8-6-19(7-9-20)23-28-21(25(10-11-25)35(32,33)17(2)3)15-22(29-23)30-13-14-34-16-18(30)4/h6-9,15,17-18,32-33H,5,10-14,16H2,1-4H3,(H2,26,27,31)/t18-/m0/s1. The summed E-state index contributed by atoms with van der Waals surface area (Å²) in [5.74, 6) is 1.30. The van der Waals surface area contributed by atoms with Crippen LogP contribution in [-0.2, 0) is 9.48 Å². The number of aromatic nitrogens is 2. The fraction of sp³-hybridized carbons (Fsp3) is 0.560. The number of anilines is 2. The Hall–Kier alpha value is -2.40. The van der Waals surface area contributed by atoms with E-state index in [1.54, 1.807) is 0 Å². The zero-order valence-corrected chi connectivity index (χ0v) is 21.8. The van der Waals surface area contributed by atoms with Crippen LogP contribution >= 0.6 is 10.6 Å². The van der Waals surface area contributed by atoms with E-state index in [1.165, 1.54) is 0 Å². The fourth-order valence-electron chi connectivity index (χ4n) is 4.40. The SMILES string of the molecule is CCCNC(=O)Nc1ccc(-c2nc(N3CCOC[C@@H]3C)cc(C3(S(O)(O)C(C)C)CC3)n2)cc1.